The minimum absolute atomic E-state index is 0.221. The van der Waals surface area contributed by atoms with Crippen LogP contribution in [0.15, 0.2) is 67.1 Å². The topological polar surface area (TPSA) is 102 Å². The van der Waals surface area contributed by atoms with Crippen LogP contribution in [0.4, 0.5) is 18.9 Å². The lowest BCUT2D eigenvalue weighted by Crippen LogP contribution is -2.29. The van der Waals surface area contributed by atoms with Crippen LogP contribution in [-0.2, 0) is 6.18 Å². The van der Waals surface area contributed by atoms with Crippen molar-refractivity contribution < 1.29 is 22.8 Å². The van der Waals surface area contributed by atoms with Gasteiger partial charge in [-0.3, -0.25) is 9.59 Å². The minimum Gasteiger partial charge on any atom is -0.342 e. The van der Waals surface area contributed by atoms with E-state index in [0.717, 1.165) is 18.2 Å². The van der Waals surface area contributed by atoms with Crippen molar-refractivity contribution in [2.75, 3.05) is 5.32 Å². The van der Waals surface area contributed by atoms with Crippen molar-refractivity contribution in [3.05, 3.63) is 99.7 Å². The Kier molecular flexibility index (Phi) is 7.46. The van der Waals surface area contributed by atoms with Gasteiger partial charge in [0.2, 0.25) is 0 Å². The van der Waals surface area contributed by atoms with Crippen LogP contribution in [0.1, 0.15) is 45.1 Å². The SMILES string of the molecule is CC(NC(=O)c1cc(Cl)cc(C(F)(F)F)c1)c1ncnn1-c1ccc(NC(=O)c2ccccc2Cl)cn1. The number of carbonyl (C=O) groups excluding carboxylic acids is 2. The van der Waals surface area contributed by atoms with Gasteiger partial charge in [0.25, 0.3) is 11.8 Å². The molecule has 0 aliphatic carbocycles. The molecule has 0 aliphatic heterocycles. The molecule has 1 unspecified atom stereocenters. The van der Waals surface area contributed by atoms with Crippen molar-refractivity contribution in [1.29, 1.82) is 0 Å². The first kappa shape index (κ1) is 26.1. The van der Waals surface area contributed by atoms with Gasteiger partial charge in [0, 0.05) is 10.6 Å². The summed E-state index contributed by atoms with van der Waals surface area (Å²) in [6, 6.07) is 11.6. The van der Waals surface area contributed by atoms with Gasteiger partial charge < -0.3 is 10.6 Å². The lowest BCUT2D eigenvalue weighted by molar-refractivity contribution is -0.137. The summed E-state index contributed by atoms with van der Waals surface area (Å²) in [4.78, 5) is 33.5. The lowest BCUT2D eigenvalue weighted by atomic mass is 10.1. The van der Waals surface area contributed by atoms with Gasteiger partial charge in [0.1, 0.15) is 6.33 Å². The molecule has 0 bridgehead atoms. The van der Waals surface area contributed by atoms with Crippen molar-refractivity contribution in [2.45, 2.75) is 19.1 Å². The average Bonchev–Trinajstić information content (AvgIpc) is 3.34. The number of aromatic nitrogens is 4. The van der Waals surface area contributed by atoms with Gasteiger partial charge in [-0.2, -0.15) is 23.0 Å². The Morgan fingerprint density at radius 1 is 1.00 bits per heavy atom. The highest BCUT2D eigenvalue weighted by Gasteiger charge is 2.32. The van der Waals surface area contributed by atoms with Gasteiger partial charge >= 0.3 is 6.18 Å². The Morgan fingerprint density at radius 2 is 1.76 bits per heavy atom. The molecule has 37 heavy (non-hydrogen) atoms. The Balaban J connectivity index is 1.49. The number of nitrogens with one attached hydrogen (secondary N) is 2. The predicted molar refractivity (Wildman–Crippen MR) is 131 cm³/mol. The van der Waals surface area contributed by atoms with Crippen molar-refractivity contribution in [3.8, 4) is 5.82 Å². The number of hydrogen-bond acceptors (Lipinski definition) is 5. The first-order valence-corrected chi connectivity index (χ1v) is 11.4. The van der Waals surface area contributed by atoms with E-state index >= 15 is 0 Å². The van der Waals surface area contributed by atoms with Crippen LogP contribution in [0, 0.1) is 0 Å². The molecule has 0 saturated carbocycles. The third-order valence-corrected chi connectivity index (χ3v) is 5.69. The summed E-state index contributed by atoms with van der Waals surface area (Å²) >= 11 is 11.8. The number of rotatable bonds is 6. The number of benzene rings is 2. The minimum atomic E-state index is -4.66. The second-order valence-corrected chi connectivity index (χ2v) is 8.63. The van der Waals surface area contributed by atoms with Crippen molar-refractivity contribution in [2.24, 2.45) is 0 Å². The van der Waals surface area contributed by atoms with E-state index in [1.165, 1.54) is 17.2 Å². The fourth-order valence-electron chi connectivity index (χ4n) is 3.38. The molecule has 0 aliphatic rings. The fourth-order valence-corrected chi connectivity index (χ4v) is 3.84. The molecule has 2 N–H and O–H groups in total. The first-order valence-electron chi connectivity index (χ1n) is 10.6. The Bertz CT molecular complexity index is 1460. The number of halogens is 5. The largest absolute Gasteiger partial charge is 0.416 e. The van der Waals surface area contributed by atoms with Crippen LogP contribution < -0.4 is 10.6 Å². The number of anilines is 1. The molecule has 2 heterocycles. The number of carbonyl (C=O) groups is 2. The standard InChI is InChI=1S/C24H17Cl2F3N6O2/c1-13(33-22(36)14-8-15(24(27,28)29)10-16(25)9-14)21-31-12-32-35(21)20-7-6-17(11-30-20)34-23(37)18-4-2-3-5-19(18)26/h2-13H,1H3,(H,33,36)(H,34,37). The van der Waals surface area contributed by atoms with E-state index in [4.69, 9.17) is 23.2 Å². The highest BCUT2D eigenvalue weighted by molar-refractivity contribution is 6.34. The summed E-state index contributed by atoms with van der Waals surface area (Å²) in [5.74, 6) is -0.591. The number of pyridine rings is 1. The van der Waals surface area contributed by atoms with Crippen LogP contribution in [-0.4, -0.2) is 31.6 Å². The third-order valence-electron chi connectivity index (χ3n) is 5.14. The van der Waals surface area contributed by atoms with Gasteiger partial charge in [0.05, 0.1) is 34.1 Å². The molecule has 2 aromatic heterocycles. The smallest absolute Gasteiger partial charge is 0.342 e. The van der Waals surface area contributed by atoms with Crippen LogP contribution in [0.3, 0.4) is 0 Å². The average molecular weight is 549 g/mol. The summed E-state index contributed by atoms with van der Waals surface area (Å²) in [5, 5.41) is 9.48. The molecule has 13 heteroatoms. The number of nitrogens with zero attached hydrogens (tertiary/aromatic N) is 4. The quantitative estimate of drug-likeness (QED) is 0.320. The molecule has 0 fully saturated rings. The third kappa shape index (κ3) is 6.07. The maximum atomic E-state index is 13.1. The molecule has 0 saturated heterocycles. The van der Waals surface area contributed by atoms with Gasteiger partial charge in [-0.25, -0.2) is 9.97 Å². The van der Waals surface area contributed by atoms with Gasteiger partial charge in [-0.15, -0.1) is 0 Å². The zero-order valence-corrected chi connectivity index (χ0v) is 20.4. The zero-order chi connectivity index (χ0) is 26.7. The van der Waals surface area contributed by atoms with E-state index in [0.29, 0.717) is 22.1 Å². The summed E-state index contributed by atoms with van der Waals surface area (Å²) in [5.41, 5.74) is -0.585. The number of hydrogen-bond donors (Lipinski definition) is 2. The Morgan fingerprint density at radius 3 is 2.43 bits per heavy atom. The van der Waals surface area contributed by atoms with Crippen molar-refractivity contribution >= 4 is 40.7 Å². The second-order valence-electron chi connectivity index (χ2n) is 7.79. The maximum absolute atomic E-state index is 13.1. The molecular formula is C24H17Cl2F3N6O2. The zero-order valence-electron chi connectivity index (χ0n) is 18.9. The van der Waals surface area contributed by atoms with Gasteiger partial charge in [-0.1, -0.05) is 35.3 Å². The van der Waals surface area contributed by atoms with Crippen molar-refractivity contribution in [3.63, 3.8) is 0 Å². The summed E-state index contributed by atoms with van der Waals surface area (Å²) in [6.07, 6.45) is -2.01. The summed E-state index contributed by atoms with van der Waals surface area (Å²) in [7, 11) is 0. The highest BCUT2D eigenvalue weighted by atomic mass is 35.5. The monoisotopic (exact) mass is 548 g/mol. The normalized spacial score (nSPS) is 12.2. The van der Waals surface area contributed by atoms with Crippen LogP contribution in [0.25, 0.3) is 5.82 Å². The van der Waals surface area contributed by atoms with Gasteiger partial charge in [-0.05, 0) is 49.4 Å². The molecular weight excluding hydrogens is 532 g/mol. The van der Waals surface area contributed by atoms with E-state index in [-0.39, 0.29) is 16.4 Å². The van der Waals surface area contributed by atoms with E-state index in [9.17, 15) is 22.8 Å². The molecule has 8 nitrogen and oxygen atoms in total. The molecule has 190 valence electrons. The van der Waals surface area contributed by atoms with E-state index in [1.54, 1.807) is 43.3 Å². The molecule has 0 radical (unpaired) electrons. The summed E-state index contributed by atoms with van der Waals surface area (Å²) < 4.78 is 40.6. The highest BCUT2D eigenvalue weighted by Crippen LogP contribution is 2.32. The van der Waals surface area contributed by atoms with E-state index in [2.05, 4.69) is 25.7 Å². The van der Waals surface area contributed by atoms with Gasteiger partial charge in [0.15, 0.2) is 11.6 Å². The molecule has 2 amide bonds. The van der Waals surface area contributed by atoms with E-state index in [1.807, 2.05) is 0 Å². The first-order chi connectivity index (χ1) is 17.5. The maximum Gasteiger partial charge on any atom is 0.416 e. The van der Waals surface area contributed by atoms with E-state index < -0.39 is 29.6 Å². The lowest BCUT2D eigenvalue weighted by Gasteiger charge is -2.15. The molecule has 0 spiro atoms. The van der Waals surface area contributed by atoms with Crippen molar-refractivity contribution in [1.82, 2.24) is 25.1 Å². The predicted octanol–water partition coefficient (Wildman–Crippen LogP) is 5.73. The Labute approximate surface area is 218 Å². The number of alkyl halides is 3. The molecule has 4 rings (SSSR count). The van der Waals surface area contributed by atoms with Crippen LogP contribution in [0.2, 0.25) is 10.0 Å². The fraction of sp³-hybridized carbons (Fsp3) is 0.125. The second kappa shape index (κ2) is 10.6. The van der Waals surface area contributed by atoms with Crippen LogP contribution >= 0.6 is 23.2 Å². The molecule has 4 aromatic rings. The summed E-state index contributed by atoms with van der Waals surface area (Å²) in [6.45, 7) is 1.59. The van der Waals surface area contributed by atoms with Crippen LogP contribution in [0.5, 0.6) is 0 Å². The number of amides is 2. The Hall–Kier alpha value is -3.96. The molecule has 2 aromatic carbocycles. The molecule has 1 atom stereocenters.